The second-order valence-electron chi connectivity index (χ2n) is 3.45. The third kappa shape index (κ3) is 38.2. The first kappa shape index (κ1) is 20.4. The van der Waals surface area contributed by atoms with Gasteiger partial charge >= 0.3 is 7.82 Å². The Kier molecular flexibility index (Phi) is 16.2. The molecule has 0 aromatic rings. The van der Waals surface area contributed by atoms with Gasteiger partial charge in [-0.3, -0.25) is 0 Å². The van der Waals surface area contributed by atoms with Crippen molar-refractivity contribution >= 4 is 7.82 Å². The van der Waals surface area contributed by atoms with Crippen LogP contribution in [0.1, 0.15) is 12.8 Å². The summed E-state index contributed by atoms with van der Waals surface area (Å²) < 4.78 is 8.88. The van der Waals surface area contributed by atoms with Crippen LogP contribution in [0.5, 0.6) is 0 Å². The van der Waals surface area contributed by atoms with Crippen LogP contribution in [0.25, 0.3) is 0 Å². The van der Waals surface area contributed by atoms with Crippen molar-refractivity contribution in [2.45, 2.75) is 12.8 Å². The van der Waals surface area contributed by atoms with Gasteiger partial charge in [0.05, 0.1) is 0 Å². The molecule has 0 radical (unpaired) electrons. The highest BCUT2D eigenvalue weighted by Crippen LogP contribution is 2.25. The van der Waals surface area contributed by atoms with Gasteiger partial charge in [-0.15, -0.1) is 11.5 Å². The second kappa shape index (κ2) is 15.1. The third-order valence-corrected chi connectivity index (χ3v) is 1.74. The molecule has 0 heterocycles. The number of hydrogen-bond donors (Lipinski definition) is 5. The van der Waals surface area contributed by atoms with Crippen LogP contribution in [0.2, 0.25) is 0 Å². The standard InChI is InChI=1S/C12H20N2.H3O4P/c1-3-5-9-13-11-7-8-12-14-10-6-4-2;1-5(2,3)4/h5-6,13-14H,1-2,7-12H2;(H3,1,2,3,4). The molecule has 0 aliphatic rings. The summed E-state index contributed by atoms with van der Waals surface area (Å²) in [4.78, 5) is 21.6. The van der Waals surface area contributed by atoms with Crippen LogP contribution in [-0.2, 0) is 4.57 Å². The fourth-order valence-electron chi connectivity index (χ4n) is 0.993. The summed E-state index contributed by atoms with van der Waals surface area (Å²) in [5.41, 5.74) is 5.45. The lowest BCUT2D eigenvalue weighted by molar-refractivity contribution is 0.275. The first-order chi connectivity index (χ1) is 8.91. The van der Waals surface area contributed by atoms with Crippen molar-refractivity contribution in [1.29, 1.82) is 0 Å². The highest BCUT2D eigenvalue weighted by atomic mass is 31.2. The van der Waals surface area contributed by atoms with Crippen molar-refractivity contribution < 1.29 is 19.2 Å². The van der Waals surface area contributed by atoms with Crippen LogP contribution in [-0.4, -0.2) is 40.9 Å². The molecule has 0 aliphatic heterocycles. The van der Waals surface area contributed by atoms with E-state index in [9.17, 15) is 0 Å². The van der Waals surface area contributed by atoms with Crippen molar-refractivity contribution in [3.63, 3.8) is 0 Å². The van der Waals surface area contributed by atoms with E-state index in [1.165, 1.54) is 12.8 Å². The van der Waals surface area contributed by atoms with Gasteiger partial charge in [0.1, 0.15) is 0 Å². The normalized spacial score (nSPS) is 9.63. The van der Waals surface area contributed by atoms with E-state index in [1.54, 1.807) is 0 Å². The minimum Gasteiger partial charge on any atom is -0.313 e. The van der Waals surface area contributed by atoms with Crippen LogP contribution in [0.3, 0.4) is 0 Å². The molecule has 5 N–H and O–H groups in total. The van der Waals surface area contributed by atoms with E-state index in [0.29, 0.717) is 0 Å². The third-order valence-electron chi connectivity index (χ3n) is 1.74. The number of nitrogens with one attached hydrogen (secondary N) is 2. The average Bonchev–Trinajstić information content (AvgIpc) is 2.29. The predicted molar refractivity (Wildman–Crippen MR) is 76.7 cm³/mol. The summed E-state index contributed by atoms with van der Waals surface area (Å²) in [5.74, 6) is 0. The van der Waals surface area contributed by atoms with Gasteiger partial charge in [0.25, 0.3) is 0 Å². The molecule has 7 heteroatoms. The zero-order valence-corrected chi connectivity index (χ0v) is 11.9. The van der Waals surface area contributed by atoms with E-state index in [0.717, 1.165) is 26.2 Å². The molecule has 0 aliphatic carbocycles. The van der Waals surface area contributed by atoms with Gasteiger partial charge in [-0.2, -0.15) is 0 Å². The minimum atomic E-state index is -4.64. The lowest BCUT2D eigenvalue weighted by Gasteiger charge is -2.02. The van der Waals surface area contributed by atoms with Crippen molar-refractivity contribution in [3.05, 3.63) is 36.8 Å². The van der Waals surface area contributed by atoms with Gasteiger partial charge in [-0.05, 0) is 38.1 Å². The number of phosphoric acid groups is 1. The van der Waals surface area contributed by atoms with Gasteiger partial charge in [0.2, 0.25) is 0 Å². The monoisotopic (exact) mass is 290 g/mol. The summed E-state index contributed by atoms with van der Waals surface area (Å²) in [6, 6.07) is 0. The van der Waals surface area contributed by atoms with Gasteiger partial charge in [-0.25, -0.2) is 4.57 Å². The fraction of sp³-hybridized carbons (Fsp3) is 0.500. The molecule has 0 spiro atoms. The van der Waals surface area contributed by atoms with E-state index in [4.69, 9.17) is 19.2 Å². The summed E-state index contributed by atoms with van der Waals surface area (Å²) >= 11 is 0. The van der Waals surface area contributed by atoms with Gasteiger partial charge < -0.3 is 25.3 Å². The Bertz CT molecular complexity index is 309. The molecule has 0 saturated carbocycles. The number of hydrogen-bond acceptors (Lipinski definition) is 3. The van der Waals surface area contributed by atoms with Gasteiger partial charge in [0, 0.05) is 13.1 Å². The van der Waals surface area contributed by atoms with E-state index in [2.05, 4.69) is 35.3 Å². The first-order valence-electron chi connectivity index (χ1n) is 5.80. The summed E-state index contributed by atoms with van der Waals surface area (Å²) in [6.07, 6.45) is 6.17. The van der Waals surface area contributed by atoms with Crippen molar-refractivity contribution in [2.75, 3.05) is 26.2 Å². The maximum absolute atomic E-state index is 8.88. The summed E-state index contributed by atoms with van der Waals surface area (Å²) in [6.45, 7) is 10.8. The molecule has 0 fully saturated rings. The van der Waals surface area contributed by atoms with Crippen molar-refractivity contribution in [3.8, 4) is 0 Å². The summed E-state index contributed by atoms with van der Waals surface area (Å²) in [5, 5.41) is 6.54. The highest BCUT2D eigenvalue weighted by Gasteiger charge is 2.00. The second-order valence-corrected chi connectivity index (χ2v) is 4.47. The zero-order chi connectivity index (χ0) is 15.0. The molecule has 110 valence electrons. The smallest absolute Gasteiger partial charge is 0.313 e. The molecule has 6 nitrogen and oxygen atoms in total. The SMILES string of the molecule is C=C=CCNCCCCNCC=C=C.O=P(O)(O)O. The lowest BCUT2D eigenvalue weighted by atomic mass is 10.3. The average molecular weight is 290 g/mol. The van der Waals surface area contributed by atoms with Crippen LogP contribution in [0.4, 0.5) is 0 Å². The van der Waals surface area contributed by atoms with Crippen LogP contribution >= 0.6 is 7.82 Å². The minimum absolute atomic E-state index is 0.871. The van der Waals surface area contributed by atoms with Crippen LogP contribution in [0, 0.1) is 0 Å². The molecule has 0 aromatic heterocycles. The molecular weight excluding hydrogens is 267 g/mol. The van der Waals surface area contributed by atoms with Crippen molar-refractivity contribution in [1.82, 2.24) is 10.6 Å². The Balaban J connectivity index is 0. The maximum atomic E-state index is 8.88. The van der Waals surface area contributed by atoms with E-state index in [-0.39, 0.29) is 0 Å². The van der Waals surface area contributed by atoms with Crippen molar-refractivity contribution in [2.24, 2.45) is 0 Å². The van der Waals surface area contributed by atoms with Crippen LogP contribution < -0.4 is 10.6 Å². The fourth-order valence-corrected chi connectivity index (χ4v) is 0.993. The van der Waals surface area contributed by atoms with Gasteiger partial charge in [0.15, 0.2) is 0 Å². The first-order valence-corrected chi connectivity index (χ1v) is 7.36. The zero-order valence-electron chi connectivity index (χ0n) is 11.0. The maximum Gasteiger partial charge on any atom is 0.466 e. The number of unbranched alkanes of at least 4 members (excludes halogenated alkanes) is 1. The molecule has 0 unspecified atom stereocenters. The molecule has 0 aromatic carbocycles. The van der Waals surface area contributed by atoms with E-state index < -0.39 is 7.82 Å². The summed E-state index contributed by atoms with van der Waals surface area (Å²) in [7, 11) is -4.64. The molecule has 0 amide bonds. The molecular formula is C12H23N2O4P. The van der Waals surface area contributed by atoms with Crippen LogP contribution in [0.15, 0.2) is 36.8 Å². The highest BCUT2D eigenvalue weighted by molar-refractivity contribution is 7.45. The Hall–Kier alpha value is -0.930. The van der Waals surface area contributed by atoms with E-state index >= 15 is 0 Å². The quantitative estimate of drug-likeness (QED) is 0.243. The Labute approximate surface area is 114 Å². The molecule has 0 bridgehead atoms. The predicted octanol–water partition coefficient (Wildman–Crippen LogP) is 0.699. The molecule has 0 saturated heterocycles. The Morgan fingerprint density at radius 1 is 0.947 bits per heavy atom. The molecule has 0 rings (SSSR count). The van der Waals surface area contributed by atoms with E-state index in [1.807, 2.05) is 12.2 Å². The molecule has 0 atom stereocenters. The lowest BCUT2D eigenvalue weighted by Crippen LogP contribution is -2.18. The largest absolute Gasteiger partial charge is 0.466 e. The Morgan fingerprint density at radius 3 is 1.53 bits per heavy atom. The Morgan fingerprint density at radius 2 is 1.26 bits per heavy atom. The van der Waals surface area contributed by atoms with Gasteiger partial charge in [-0.1, -0.05) is 13.2 Å². The topological polar surface area (TPSA) is 102 Å². The molecule has 19 heavy (non-hydrogen) atoms. The number of rotatable bonds is 9.